The summed E-state index contributed by atoms with van der Waals surface area (Å²) in [6.45, 7) is 0. The molecule has 0 bridgehead atoms. The highest BCUT2D eigenvalue weighted by Gasteiger charge is 2.11. The summed E-state index contributed by atoms with van der Waals surface area (Å²) in [6.07, 6.45) is 1.50. The highest BCUT2D eigenvalue weighted by Crippen LogP contribution is 2.26. The average molecular weight is 282 g/mol. The van der Waals surface area contributed by atoms with E-state index in [4.69, 9.17) is 9.47 Å². The molecule has 5 nitrogen and oxygen atoms in total. The molecular weight excluding hydrogens is 268 g/mol. The first-order valence-corrected chi connectivity index (χ1v) is 6.43. The van der Waals surface area contributed by atoms with Crippen LogP contribution in [-0.2, 0) is 0 Å². The lowest BCUT2D eigenvalue weighted by Crippen LogP contribution is -2.19. The molecule has 0 N–H and O–H groups in total. The molecule has 2 aromatic carbocycles. The van der Waals surface area contributed by atoms with Crippen molar-refractivity contribution in [2.45, 2.75) is 0 Å². The summed E-state index contributed by atoms with van der Waals surface area (Å²) in [4.78, 5) is 16.9. The molecule has 21 heavy (non-hydrogen) atoms. The molecule has 0 atom stereocenters. The number of para-hydroxylation sites is 1. The van der Waals surface area contributed by atoms with Gasteiger partial charge in [-0.3, -0.25) is 9.36 Å². The van der Waals surface area contributed by atoms with E-state index in [1.165, 1.54) is 10.9 Å². The number of methoxy groups -OCH3 is 2. The van der Waals surface area contributed by atoms with Crippen molar-refractivity contribution in [1.82, 2.24) is 9.55 Å². The first-order valence-electron chi connectivity index (χ1n) is 6.43. The van der Waals surface area contributed by atoms with Crippen LogP contribution in [0.5, 0.6) is 11.5 Å². The van der Waals surface area contributed by atoms with Gasteiger partial charge in [0.2, 0.25) is 0 Å². The van der Waals surface area contributed by atoms with Crippen molar-refractivity contribution < 1.29 is 9.47 Å². The number of benzene rings is 2. The number of aromatic nitrogens is 2. The Morgan fingerprint density at radius 2 is 1.86 bits per heavy atom. The van der Waals surface area contributed by atoms with Gasteiger partial charge in [0.15, 0.2) is 0 Å². The predicted molar refractivity (Wildman–Crippen MR) is 80.4 cm³/mol. The second kappa shape index (κ2) is 5.28. The maximum atomic E-state index is 12.6. The number of hydrogen-bond acceptors (Lipinski definition) is 4. The van der Waals surface area contributed by atoms with E-state index in [1.54, 1.807) is 38.5 Å². The molecule has 0 saturated heterocycles. The van der Waals surface area contributed by atoms with Gasteiger partial charge in [-0.25, -0.2) is 4.98 Å². The summed E-state index contributed by atoms with van der Waals surface area (Å²) in [6, 6.07) is 12.5. The quantitative estimate of drug-likeness (QED) is 0.740. The molecule has 5 heteroatoms. The summed E-state index contributed by atoms with van der Waals surface area (Å²) in [5.74, 6) is 1.22. The van der Waals surface area contributed by atoms with Gasteiger partial charge in [-0.15, -0.1) is 0 Å². The Morgan fingerprint density at radius 1 is 1.05 bits per heavy atom. The molecule has 0 unspecified atom stereocenters. The predicted octanol–water partition coefficient (Wildman–Crippen LogP) is 2.40. The van der Waals surface area contributed by atoms with Gasteiger partial charge >= 0.3 is 0 Å². The van der Waals surface area contributed by atoms with Crippen LogP contribution in [0.25, 0.3) is 16.6 Å². The lowest BCUT2D eigenvalue weighted by atomic mass is 10.2. The van der Waals surface area contributed by atoms with Crippen molar-refractivity contribution in [2.24, 2.45) is 0 Å². The SMILES string of the molecule is COc1ccc(OC)c(-n2cnc3ccccc3c2=O)c1. The fourth-order valence-electron chi connectivity index (χ4n) is 2.23. The van der Waals surface area contributed by atoms with E-state index in [1.807, 2.05) is 18.2 Å². The minimum atomic E-state index is -0.146. The first-order chi connectivity index (χ1) is 10.2. The van der Waals surface area contributed by atoms with Crippen LogP contribution in [0, 0.1) is 0 Å². The minimum absolute atomic E-state index is 0.146. The third kappa shape index (κ3) is 2.23. The van der Waals surface area contributed by atoms with Crippen molar-refractivity contribution in [2.75, 3.05) is 14.2 Å². The molecule has 106 valence electrons. The molecule has 3 aromatic rings. The monoisotopic (exact) mass is 282 g/mol. The van der Waals surface area contributed by atoms with Crippen molar-refractivity contribution in [3.63, 3.8) is 0 Å². The lowest BCUT2D eigenvalue weighted by Gasteiger charge is -2.12. The van der Waals surface area contributed by atoms with Crippen molar-refractivity contribution in [1.29, 1.82) is 0 Å². The second-order valence-corrected chi connectivity index (χ2v) is 4.47. The maximum Gasteiger partial charge on any atom is 0.265 e. The summed E-state index contributed by atoms with van der Waals surface area (Å²) < 4.78 is 12.0. The van der Waals surface area contributed by atoms with Gasteiger partial charge in [-0.1, -0.05) is 12.1 Å². The van der Waals surface area contributed by atoms with E-state index >= 15 is 0 Å². The molecule has 0 fully saturated rings. The summed E-state index contributed by atoms with van der Waals surface area (Å²) in [5, 5.41) is 0.560. The molecule has 0 aliphatic carbocycles. The smallest absolute Gasteiger partial charge is 0.265 e. The number of nitrogens with zero attached hydrogens (tertiary/aromatic N) is 2. The molecule has 1 heterocycles. The molecule has 3 rings (SSSR count). The van der Waals surface area contributed by atoms with E-state index in [-0.39, 0.29) is 5.56 Å². The second-order valence-electron chi connectivity index (χ2n) is 4.47. The number of rotatable bonds is 3. The Labute approximate surface area is 121 Å². The van der Waals surface area contributed by atoms with Crippen LogP contribution in [0.1, 0.15) is 0 Å². The maximum absolute atomic E-state index is 12.6. The van der Waals surface area contributed by atoms with Crippen molar-refractivity contribution >= 4 is 10.9 Å². The molecule has 0 amide bonds. The van der Waals surface area contributed by atoms with Crippen LogP contribution >= 0.6 is 0 Å². The van der Waals surface area contributed by atoms with Crippen LogP contribution in [0.15, 0.2) is 53.6 Å². The Bertz CT molecular complexity index is 856. The Hall–Kier alpha value is -2.82. The normalized spacial score (nSPS) is 10.6. The number of hydrogen-bond donors (Lipinski definition) is 0. The van der Waals surface area contributed by atoms with E-state index in [0.29, 0.717) is 28.1 Å². The van der Waals surface area contributed by atoms with Crippen molar-refractivity contribution in [3.05, 3.63) is 59.1 Å². The van der Waals surface area contributed by atoms with E-state index in [2.05, 4.69) is 4.98 Å². The molecule has 0 radical (unpaired) electrons. The summed E-state index contributed by atoms with van der Waals surface area (Å²) >= 11 is 0. The Balaban J connectivity index is 2.30. The van der Waals surface area contributed by atoms with Crippen LogP contribution in [-0.4, -0.2) is 23.8 Å². The van der Waals surface area contributed by atoms with E-state index < -0.39 is 0 Å². The molecular formula is C16H14N2O3. The van der Waals surface area contributed by atoms with Gasteiger partial charge in [0.1, 0.15) is 17.8 Å². The molecule has 0 aliphatic rings. The third-order valence-corrected chi connectivity index (χ3v) is 3.31. The molecule has 0 saturated carbocycles. The molecule has 1 aromatic heterocycles. The van der Waals surface area contributed by atoms with Gasteiger partial charge in [0.25, 0.3) is 5.56 Å². The standard InChI is InChI=1S/C16H14N2O3/c1-20-11-7-8-15(21-2)14(9-11)18-10-17-13-6-4-3-5-12(13)16(18)19/h3-10H,1-2H3. The van der Waals surface area contributed by atoms with Crippen LogP contribution in [0.4, 0.5) is 0 Å². The minimum Gasteiger partial charge on any atom is -0.497 e. The Kier molecular flexibility index (Phi) is 3.31. The summed E-state index contributed by atoms with van der Waals surface area (Å²) in [5.41, 5.74) is 1.12. The highest BCUT2D eigenvalue weighted by molar-refractivity contribution is 5.77. The fourth-order valence-corrected chi connectivity index (χ4v) is 2.23. The average Bonchev–Trinajstić information content (AvgIpc) is 2.55. The zero-order valence-electron chi connectivity index (χ0n) is 11.7. The van der Waals surface area contributed by atoms with Crippen molar-refractivity contribution in [3.8, 4) is 17.2 Å². The largest absolute Gasteiger partial charge is 0.497 e. The molecule has 0 spiro atoms. The number of fused-ring (bicyclic) bond motifs is 1. The van der Waals surface area contributed by atoms with Crippen LogP contribution in [0.2, 0.25) is 0 Å². The van der Waals surface area contributed by atoms with Gasteiger partial charge in [0, 0.05) is 6.07 Å². The van der Waals surface area contributed by atoms with Crippen LogP contribution < -0.4 is 15.0 Å². The molecule has 0 aliphatic heterocycles. The van der Waals surface area contributed by atoms with Gasteiger partial charge in [0.05, 0.1) is 30.8 Å². The highest BCUT2D eigenvalue weighted by atomic mass is 16.5. The van der Waals surface area contributed by atoms with Gasteiger partial charge in [-0.2, -0.15) is 0 Å². The van der Waals surface area contributed by atoms with Gasteiger partial charge in [-0.05, 0) is 24.3 Å². The zero-order valence-corrected chi connectivity index (χ0v) is 11.7. The topological polar surface area (TPSA) is 53.4 Å². The summed E-state index contributed by atoms with van der Waals surface area (Å²) in [7, 11) is 3.14. The van der Waals surface area contributed by atoms with Gasteiger partial charge < -0.3 is 9.47 Å². The lowest BCUT2D eigenvalue weighted by molar-refractivity contribution is 0.401. The third-order valence-electron chi connectivity index (χ3n) is 3.31. The van der Waals surface area contributed by atoms with Crippen LogP contribution in [0.3, 0.4) is 0 Å². The fraction of sp³-hybridized carbons (Fsp3) is 0.125. The zero-order chi connectivity index (χ0) is 14.8. The van der Waals surface area contributed by atoms with E-state index in [9.17, 15) is 4.79 Å². The van der Waals surface area contributed by atoms with E-state index in [0.717, 1.165) is 0 Å². The number of ether oxygens (including phenoxy) is 2. The Morgan fingerprint density at radius 3 is 2.62 bits per heavy atom. The first kappa shape index (κ1) is 13.2.